The molecule has 0 saturated carbocycles. The third-order valence-corrected chi connectivity index (χ3v) is 4.28. The van der Waals surface area contributed by atoms with Gasteiger partial charge in [0.1, 0.15) is 23.5 Å². The molecule has 134 valence electrons. The summed E-state index contributed by atoms with van der Waals surface area (Å²) in [6, 6.07) is 12.1. The SMILES string of the molecule is CCOc1ccccc1C(=O)OCc1cc(=O)oc2c(C)c(C)ccc12. The average molecular weight is 352 g/mol. The number of rotatable bonds is 5. The quantitative estimate of drug-likeness (QED) is 0.509. The Morgan fingerprint density at radius 3 is 2.65 bits per heavy atom. The number of para-hydroxylation sites is 1. The number of ether oxygens (including phenoxy) is 2. The molecule has 26 heavy (non-hydrogen) atoms. The predicted octanol–water partition coefficient (Wildman–Crippen LogP) is 4.17. The van der Waals surface area contributed by atoms with E-state index in [2.05, 4.69) is 0 Å². The Morgan fingerprint density at radius 2 is 1.88 bits per heavy atom. The normalized spacial score (nSPS) is 10.7. The molecule has 0 unspecified atom stereocenters. The van der Waals surface area contributed by atoms with E-state index in [1.807, 2.05) is 32.9 Å². The van der Waals surface area contributed by atoms with Gasteiger partial charge in [-0.3, -0.25) is 0 Å². The van der Waals surface area contributed by atoms with E-state index >= 15 is 0 Å². The largest absolute Gasteiger partial charge is 0.493 e. The van der Waals surface area contributed by atoms with Crippen molar-refractivity contribution < 1.29 is 18.7 Å². The summed E-state index contributed by atoms with van der Waals surface area (Å²) >= 11 is 0. The third kappa shape index (κ3) is 3.47. The van der Waals surface area contributed by atoms with Crippen LogP contribution in [0.15, 0.2) is 51.7 Å². The Hall–Kier alpha value is -3.08. The molecule has 0 atom stereocenters. The van der Waals surface area contributed by atoms with Gasteiger partial charge in [-0.05, 0) is 44.0 Å². The Bertz CT molecular complexity index is 1020. The second kappa shape index (κ2) is 7.44. The van der Waals surface area contributed by atoms with Crippen LogP contribution in [0.1, 0.15) is 34.0 Å². The highest BCUT2D eigenvalue weighted by Gasteiger charge is 2.15. The van der Waals surface area contributed by atoms with E-state index in [1.165, 1.54) is 6.07 Å². The molecule has 1 heterocycles. The van der Waals surface area contributed by atoms with Crippen molar-refractivity contribution in [2.45, 2.75) is 27.4 Å². The summed E-state index contributed by atoms with van der Waals surface area (Å²) in [6.07, 6.45) is 0. The van der Waals surface area contributed by atoms with Crippen LogP contribution in [0, 0.1) is 13.8 Å². The predicted molar refractivity (Wildman–Crippen MR) is 98.7 cm³/mol. The summed E-state index contributed by atoms with van der Waals surface area (Å²) in [5.41, 5.74) is 2.95. The van der Waals surface area contributed by atoms with E-state index in [-0.39, 0.29) is 6.61 Å². The Balaban J connectivity index is 1.90. The first-order valence-corrected chi connectivity index (χ1v) is 8.43. The number of hydrogen-bond donors (Lipinski definition) is 0. The lowest BCUT2D eigenvalue weighted by atomic mass is 10.0. The molecule has 5 heteroatoms. The van der Waals surface area contributed by atoms with Crippen molar-refractivity contribution in [1.82, 2.24) is 0 Å². The first-order chi connectivity index (χ1) is 12.5. The summed E-state index contributed by atoms with van der Waals surface area (Å²) in [7, 11) is 0. The van der Waals surface area contributed by atoms with Crippen LogP contribution >= 0.6 is 0 Å². The number of esters is 1. The molecule has 0 saturated heterocycles. The smallest absolute Gasteiger partial charge is 0.342 e. The minimum atomic E-state index is -0.501. The van der Waals surface area contributed by atoms with Crippen LogP contribution < -0.4 is 10.4 Å². The van der Waals surface area contributed by atoms with Gasteiger partial charge in [0.25, 0.3) is 0 Å². The monoisotopic (exact) mass is 352 g/mol. The molecule has 3 aromatic rings. The van der Waals surface area contributed by atoms with Gasteiger partial charge in [-0.1, -0.05) is 24.3 Å². The zero-order valence-corrected chi connectivity index (χ0v) is 15.0. The van der Waals surface area contributed by atoms with Crippen LogP contribution in [0.5, 0.6) is 5.75 Å². The molecule has 0 aliphatic heterocycles. The number of carbonyl (C=O) groups is 1. The summed E-state index contributed by atoms with van der Waals surface area (Å²) in [5.74, 6) is -0.0248. The summed E-state index contributed by atoms with van der Waals surface area (Å²) in [6.45, 7) is 6.12. The fourth-order valence-corrected chi connectivity index (χ4v) is 2.78. The van der Waals surface area contributed by atoms with Crippen molar-refractivity contribution in [1.29, 1.82) is 0 Å². The molecule has 0 bridgehead atoms. The zero-order valence-electron chi connectivity index (χ0n) is 15.0. The van der Waals surface area contributed by atoms with Gasteiger partial charge in [-0.25, -0.2) is 9.59 Å². The molecular weight excluding hydrogens is 332 g/mol. The van der Waals surface area contributed by atoms with E-state index in [1.54, 1.807) is 24.3 Å². The highest BCUT2D eigenvalue weighted by atomic mass is 16.5. The number of carbonyl (C=O) groups excluding carboxylic acids is 1. The molecule has 0 amide bonds. The lowest BCUT2D eigenvalue weighted by Gasteiger charge is -2.11. The lowest BCUT2D eigenvalue weighted by molar-refractivity contribution is 0.0469. The molecule has 5 nitrogen and oxygen atoms in total. The second-order valence-electron chi connectivity index (χ2n) is 5.98. The highest BCUT2D eigenvalue weighted by molar-refractivity contribution is 5.92. The van der Waals surface area contributed by atoms with E-state index < -0.39 is 11.6 Å². The maximum atomic E-state index is 12.5. The van der Waals surface area contributed by atoms with E-state index in [0.29, 0.717) is 29.1 Å². The average Bonchev–Trinajstić information content (AvgIpc) is 2.63. The number of aryl methyl sites for hydroxylation is 2. The van der Waals surface area contributed by atoms with Crippen LogP contribution in [0.25, 0.3) is 11.0 Å². The van der Waals surface area contributed by atoms with E-state index in [4.69, 9.17) is 13.9 Å². The first-order valence-electron chi connectivity index (χ1n) is 8.43. The van der Waals surface area contributed by atoms with Crippen LogP contribution in [-0.4, -0.2) is 12.6 Å². The molecule has 1 aromatic heterocycles. The van der Waals surface area contributed by atoms with Gasteiger partial charge in [0.05, 0.1) is 6.61 Å². The van der Waals surface area contributed by atoms with Gasteiger partial charge in [0, 0.05) is 17.0 Å². The molecular formula is C21H20O5. The van der Waals surface area contributed by atoms with Crippen LogP contribution in [0.2, 0.25) is 0 Å². The summed E-state index contributed by atoms with van der Waals surface area (Å²) in [4.78, 5) is 24.3. The maximum absolute atomic E-state index is 12.5. The van der Waals surface area contributed by atoms with Crippen molar-refractivity contribution in [2.24, 2.45) is 0 Å². The molecule has 0 N–H and O–H groups in total. The molecule has 0 radical (unpaired) electrons. The fourth-order valence-electron chi connectivity index (χ4n) is 2.78. The maximum Gasteiger partial charge on any atom is 0.342 e. The fraction of sp³-hybridized carbons (Fsp3) is 0.238. The lowest BCUT2D eigenvalue weighted by Crippen LogP contribution is -2.10. The van der Waals surface area contributed by atoms with Gasteiger partial charge in [-0.15, -0.1) is 0 Å². The van der Waals surface area contributed by atoms with Crippen LogP contribution in [0.4, 0.5) is 0 Å². The van der Waals surface area contributed by atoms with Crippen molar-refractivity contribution in [3.63, 3.8) is 0 Å². The van der Waals surface area contributed by atoms with Crippen LogP contribution in [-0.2, 0) is 11.3 Å². The van der Waals surface area contributed by atoms with Crippen LogP contribution in [0.3, 0.4) is 0 Å². The first kappa shape index (κ1) is 17.7. The minimum absolute atomic E-state index is 0.0239. The summed E-state index contributed by atoms with van der Waals surface area (Å²) in [5, 5.41) is 0.763. The van der Waals surface area contributed by atoms with Gasteiger partial charge in [-0.2, -0.15) is 0 Å². The Labute approximate surface area is 151 Å². The third-order valence-electron chi connectivity index (χ3n) is 4.28. The number of benzene rings is 2. The van der Waals surface area contributed by atoms with Crippen molar-refractivity contribution in [2.75, 3.05) is 6.61 Å². The number of fused-ring (bicyclic) bond motifs is 1. The van der Waals surface area contributed by atoms with Crippen molar-refractivity contribution >= 4 is 16.9 Å². The molecule has 0 aliphatic rings. The summed E-state index contributed by atoms with van der Waals surface area (Å²) < 4.78 is 16.2. The minimum Gasteiger partial charge on any atom is -0.493 e. The standard InChI is InChI=1S/C21H20O5/c1-4-24-18-8-6-5-7-17(18)21(23)25-12-15-11-19(22)26-20-14(3)13(2)9-10-16(15)20/h5-11H,4,12H2,1-3H3. The van der Waals surface area contributed by atoms with Gasteiger partial charge in [0.2, 0.25) is 0 Å². The molecule has 0 aliphatic carbocycles. The van der Waals surface area contributed by atoms with Gasteiger partial charge >= 0.3 is 11.6 Å². The van der Waals surface area contributed by atoms with Crippen molar-refractivity contribution in [3.05, 3.63) is 75.1 Å². The number of hydrogen-bond acceptors (Lipinski definition) is 5. The Kier molecular flexibility index (Phi) is 5.07. The Morgan fingerprint density at radius 1 is 1.12 bits per heavy atom. The molecule has 3 rings (SSSR count). The zero-order chi connectivity index (χ0) is 18.7. The van der Waals surface area contributed by atoms with E-state index in [9.17, 15) is 9.59 Å². The van der Waals surface area contributed by atoms with Gasteiger partial charge < -0.3 is 13.9 Å². The molecule has 2 aromatic carbocycles. The molecule has 0 spiro atoms. The topological polar surface area (TPSA) is 65.7 Å². The second-order valence-corrected chi connectivity index (χ2v) is 5.98. The molecule has 0 fully saturated rings. The van der Waals surface area contributed by atoms with E-state index in [0.717, 1.165) is 16.5 Å². The van der Waals surface area contributed by atoms with Gasteiger partial charge in [0.15, 0.2) is 0 Å². The highest BCUT2D eigenvalue weighted by Crippen LogP contribution is 2.25. The van der Waals surface area contributed by atoms with Crippen molar-refractivity contribution in [3.8, 4) is 5.75 Å².